The molecule has 1 unspecified atom stereocenters. The standard InChI is InChI=1S/C17H26O2/c1-3-17(4-2,15-8-6-5-7-9-15)16(18)14-10-12-19-13-11-14/h5-9,14,16,18H,3-4,10-13H2,1-2H3. The van der Waals surface area contributed by atoms with E-state index in [-0.39, 0.29) is 11.5 Å². The smallest absolute Gasteiger partial charge is 0.0666 e. The first kappa shape index (κ1) is 14.5. The van der Waals surface area contributed by atoms with Crippen molar-refractivity contribution >= 4 is 0 Å². The number of ether oxygens (including phenoxy) is 1. The lowest BCUT2D eigenvalue weighted by Gasteiger charge is -2.42. The van der Waals surface area contributed by atoms with Gasteiger partial charge in [-0.15, -0.1) is 0 Å². The molecule has 19 heavy (non-hydrogen) atoms. The van der Waals surface area contributed by atoms with Crippen LogP contribution < -0.4 is 0 Å². The number of rotatable bonds is 5. The van der Waals surface area contributed by atoms with E-state index in [0.717, 1.165) is 38.9 Å². The van der Waals surface area contributed by atoms with Crippen molar-refractivity contribution in [2.75, 3.05) is 13.2 Å². The fraction of sp³-hybridized carbons (Fsp3) is 0.647. The maximum Gasteiger partial charge on any atom is 0.0666 e. The molecule has 0 amide bonds. The van der Waals surface area contributed by atoms with Gasteiger partial charge in [-0.2, -0.15) is 0 Å². The Hall–Kier alpha value is -0.860. The van der Waals surface area contributed by atoms with Crippen LogP contribution in [-0.2, 0) is 10.2 Å². The zero-order chi connectivity index (χ0) is 13.7. The average molecular weight is 262 g/mol. The summed E-state index contributed by atoms with van der Waals surface area (Å²) in [7, 11) is 0. The second-order valence-electron chi connectivity index (χ2n) is 5.62. The minimum atomic E-state index is -0.270. The zero-order valence-corrected chi connectivity index (χ0v) is 12.1. The fourth-order valence-electron chi connectivity index (χ4n) is 3.50. The van der Waals surface area contributed by atoms with Crippen LogP contribution in [0.2, 0.25) is 0 Å². The summed E-state index contributed by atoms with van der Waals surface area (Å²) < 4.78 is 5.42. The Labute approximate surface area is 116 Å². The normalized spacial score (nSPS) is 19.3. The van der Waals surface area contributed by atoms with Gasteiger partial charge in [0, 0.05) is 18.6 Å². The number of aliphatic hydroxyl groups is 1. The molecule has 1 saturated heterocycles. The van der Waals surface area contributed by atoms with E-state index in [1.165, 1.54) is 5.56 Å². The largest absolute Gasteiger partial charge is 0.392 e. The Kier molecular flexibility index (Phi) is 5.00. The van der Waals surface area contributed by atoms with E-state index in [2.05, 4.69) is 38.1 Å². The Morgan fingerprint density at radius 2 is 1.74 bits per heavy atom. The summed E-state index contributed by atoms with van der Waals surface area (Å²) >= 11 is 0. The van der Waals surface area contributed by atoms with E-state index in [9.17, 15) is 5.11 Å². The van der Waals surface area contributed by atoms with Crippen LogP contribution in [0.5, 0.6) is 0 Å². The van der Waals surface area contributed by atoms with Crippen LogP contribution in [0.25, 0.3) is 0 Å². The molecule has 1 aliphatic heterocycles. The first-order valence-corrected chi connectivity index (χ1v) is 7.56. The minimum absolute atomic E-state index is 0.108. The molecular formula is C17H26O2. The van der Waals surface area contributed by atoms with Gasteiger partial charge in [0.2, 0.25) is 0 Å². The predicted octanol–water partition coefficient (Wildman–Crippen LogP) is 3.53. The molecule has 0 bridgehead atoms. The number of hydrogen-bond acceptors (Lipinski definition) is 2. The van der Waals surface area contributed by atoms with Gasteiger partial charge in [0.1, 0.15) is 0 Å². The summed E-state index contributed by atoms with van der Waals surface area (Å²) in [5.74, 6) is 0.369. The van der Waals surface area contributed by atoms with Crippen molar-refractivity contribution in [2.24, 2.45) is 5.92 Å². The number of aliphatic hydroxyl groups excluding tert-OH is 1. The van der Waals surface area contributed by atoms with Crippen molar-refractivity contribution in [3.63, 3.8) is 0 Å². The Morgan fingerprint density at radius 1 is 1.16 bits per heavy atom. The topological polar surface area (TPSA) is 29.5 Å². The van der Waals surface area contributed by atoms with Crippen molar-refractivity contribution < 1.29 is 9.84 Å². The van der Waals surface area contributed by atoms with Gasteiger partial charge in [-0.1, -0.05) is 44.2 Å². The molecule has 1 aromatic rings. The Morgan fingerprint density at radius 3 is 2.26 bits per heavy atom. The molecule has 0 radical (unpaired) electrons. The van der Waals surface area contributed by atoms with Crippen LogP contribution in [0.4, 0.5) is 0 Å². The predicted molar refractivity (Wildman–Crippen MR) is 78.3 cm³/mol. The molecular weight excluding hydrogens is 236 g/mol. The van der Waals surface area contributed by atoms with Gasteiger partial charge in [0.25, 0.3) is 0 Å². The van der Waals surface area contributed by atoms with Gasteiger partial charge < -0.3 is 9.84 Å². The van der Waals surface area contributed by atoms with Crippen molar-refractivity contribution in [1.29, 1.82) is 0 Å². The summed E-state index contributed by atoms with van der Waals surface area (Å²) in [5.41, 5.74) is 1.17. The van der Waals surface area contributed by atoms with Gasteiger partial charge in [0.15, 0.2) is 0 Å². The number of benzene rings is 1. The maximum atomic E-state index is 11.0. The van der Waals surface area contributed by atoms with Crippen molar-refractivity contribution in [2.45, 2.75) is 51.0 Å². The summed E-state index contributed by atoms with van der Waals surface area (Å²) in [6, 6.07) is 10.5. The third kappa shape index (κ3) is 2.85. The fourth-order valence-corrected chi connectivity index (χ4v) is 3.50. The molecule has 0 spiro atoms. The highest BCUT2D eigenvalue weighted by molar-refractivity contribution is 5.27. The first-order chi connectivity index (χ1) is 9.24. The summed E-state index contributed by atoms with van der Waals surface area (Å²) in [6.45, 7) is 5.97. The average Bonchev–Trinajstić information content (AvgIpc) is 2.51. The van der Waals surface area contributed by atoms with Crippen LogP contribution in [0, 0.1) is 5.92 Å². The molecule has 1 fully saturated rings. The van der Waals surface area contributed by atoms with E-state index in [1.807, 2.05) is 6.07 Å². The van der Waals surface area contributed by atoms with Crippen LogP contribution in [-0.4, -0.2) is 24.4 Å². The van der Waals surface area contributed by atoms with Crippen LogP contribution in [0.1, 0.15) is 45.1 Å². The Bertz CT molecular complexity index is 364. The van der Waals surface area contributed by atoms with Gasteiger partial charge >= 0.3 is 0 Å². The summed E-state index contributed by atoms with van der Waals surface area (Å²) in [5, 5.41) is 11.0. The van der Waals surface area contributed by atoms with Crippen molar-refractivity contribution in [3.05, 3.63) is 35.9 Å². The monoisotopic (exact) mass is 262 g/mol. The quantitative estimate of drug-likeness (QED) is 0.879. The van der Waals surface area contributed by atoms with E-state index in [4.69, 9.17) is 4.74 Å². The lowest BCUT2D eigenvalue weighted by Crippen LogP contribution is -2.45. The first-order valence-electron chi connectivity index (χ1n) is 7.56. The van der Waals surface area contributed by atoms with E-state index < -0.39 is 0 Å². The van der Waals surface area contributed by atoms with Crippen molar-refractivity contribution in [1.82, 2.24) is 0 Å². The summed E-state index contributed by atoms with van der Waals surface area (Å²) in [4.78, 5) is 0. The van der Waals surface area contributed by atoms with Gasteiger partial charge in [-0.05, 0) is 37.2 Å². The van der Waals surface area contributed by atoms with E-state index >= 15 is 0 Å². The van der Waals surface area contributed by atoms with Gasteiger partial charge in [-0.25, -0.2) is 0 Å². The van der Waals surface area contributed by atoms with Gasteiger partial charge in [-0.3, -0.25) is 0 Å². The third-order valence-electron chi connectivity index (χ3n) is 4.89. The SMILES string of the molecule is CCC(CC)(c1ccccc1)C(O)C1CCOCC1. The molecule has 0 aromatic heterocycles. The molecule has 2 nitrogen and oxygen atoms in total. The molecule has 2 rings (SSSR count). The molecule has 0 aliphatic carbocycles. The lowest BCUT2D eigenvalue weighted by atomic mass is 9.66. The van der Waals surface area contributed by atoms with Crippen LogP contribution in [0.3, 0.4) is 0 Å². The molecule has 1 aliphatic rings. The lowest BCUT2D eigenvalue weighted by molar-refractivity contribution is -0.0324. The van der Waals surface area contributed by atoms with E-state index in [1.54, 1.807) is 0 Å². The molecule has 1 aromatic carbocycles. The molecule has 1 heterocycles. The molecule has 2 heteroatoms. The highest BCUT2D eigenvalue weighted by Gasteiger charge is 2.40. The molecule has 1 N–H and O–H groups in total. The maximum absolute atomic E-state index is 11.0. The van der Waals surface area contributed by atoms with Gasteiger partial charge in [0.05, 0.1) is 6.10 Å². The molecule has 106 valence electrons. The molecule has 1 atom stereocenters. The van der Waals surface area contributed by atoms with Crippen molar-refractivity contribution in [3.8, 4) is 0 Å². The second-order valence-corrected chi connectivity index (χ2v) is 5.62. The second kappa shape index (κ2) is 6.53. The van der Waals surface area contributed by atoms with E-state index in [0.29, 0.717) is 5.92 Å². The Balaban J connectivity index is 2.27. The third-order valence-corrected chi connectivity index (χ3v) is 4.89. The van der Waals surface area contributed by atoms with Crippen LogP contribution in [0.15, 0.2) is 30.3 Å². The summed E-state index contributed by atoms with van der Waals surface area (Å²) in [6.07, 6.45) is 3.65. The highest BCUT2D eigenvalue weighted by atomic mass is 16.5. The highest BCUT2D eigenvalue weighted by Crippen LogP contribution is 2.40. The molecule has 0 saturated carbocycles. The number of hydrogen-bond donors (Lipinski definition) is 1. The zero-order valence-electron chi connectivity index (χ0n) is 12.1. The minimum Gasteiger partial charge on any atom is -0.392 e. The van der Waals surface area contributed by atoms with Crippen LogP contribution >= 0.6 is 0 Å².